The quantitative estimate of drug-likeness (QED) is 0.596. The Kier molecular flexibility index (Phi) is 7.50. The summed E-state index contributed by atoms with van der Waals surface area (Å²) in [5, 5.41) is 19.2. The van der Waals surface area contributed by atoms with E-state index in [1.807, 2.05) is 0 Å². The molecule has 32 heavy (non-hydrogen) atoms. The SMILES string of the molecule is CC(C)C(C(=O)O)N(C)C(=O)c1cc(-c2ccc(NC(=O)NC3CCCCC3)cc2)no1. The van der Waals surface area contributed by atoms with Crippen molar-refractivity contribution < 1.29 is 24.0 Å². The summed E-state index contributed by atoms with van der Waals surface area (Å²) in [6.45, 7) is 3.47. The van der Waals surface area contributed by atoms with E-state index >= 15 is 0 Å². The Morgan fingerprint density at radius 3 is 2.38 bits per heavy atom. The van der Waals surface area contributed by atoms with Crippen LogP contribution < -0.4 is 10.6 Å². The zero-order chi connectivity index (χ0) is 23.3. The van der Waals surface area contributed by atoms with Crippen LogP contribution in [0.4, 0.5) is 10.5 Å². The number of carboxylic acid groups (broad SMARTS) is 1. The van der Waals surface area contributed by atoms with Crippen LogP contribution in [0.1, 0.15) is 56.5 Å². The van der Waals surface area contributed by atoms with Crippen LogP contribution in [0.25, 0.3) is 11.3 Å². The molecule has 1 aliphatic rings. The van der Waals surface area contributed by atoms with Crippen LogP contribution in [0.2, 0.25) is 0 Å². The molecule has 9 heteroatoms. The number of carboxylic acids is 1. The van der Waals surface area contributed by atoms with Crippen LogP contribution in [0, 0.1) is 5.92 Å². The summed E-state index contributed by atoms with van der Waals surface area (Å²) in [5.74, 6) is -1.93. The van der Waals surface area contributed by atoms with Gasteiger partial charge in [0, 0.05) is 30.4 Å². The number of amides is 3. The van der Waals surface area contributed by atoms with E-state index in [2.05, 4.69) is 15.8 Å². The molecular weight excluding hydrogens is 412 g/mol. The first-order valence-electron chi connectivity index (χ1n) is 10.9. The lowest BCUT2D eigenvalue weighted by molar-refractivity contribution is -0.143. The number of carbonyl (C=O) groups excluding carboxylic acids is 2. The fraction of sp³-hybridized carbons (Fsp3) is 0.478. The Bertz CT molecular complexity index is 948. The van der Waals surface area contributed by atoms with Crippen molar-refractivity contribution in [1.82, 2.24) is 15.4 Å². The Hall–Kier alpha value is -3.36. The van der Waals surface area contributed by atoms with E-state index in [0.29, 0.717) is 16.9 Å². The van der Waals surface area contributed by atoms with E-state index in [0.717, 1.165) is 30.6 Å². The number of hydrogen-bond donors (Lipinski definition) is 3. The maximum Gasteiger partial charge on any atom is 0.326 e. The van der Waals surface area contributed by atoms with Crippen LogP contribution in [-0.2, 0) is 4.79 Å². The van der Waals surface area contributed by atoms with E-state index in [4.69, 9.17) is 4.52 Å². The standard InChI is InChI=1S/C23H30N4O5/c1-14(2)20(22(29)30)27(3)21(28)19-13-18(26-32-19)15-9-11-17(12-10-15)25-23(31)24-16-7-5-4-6-8-16/h9-14,16,20H,4-8H2,1-3H3,(H,29,30)(H2,24,25,31). The number of nitrogens with zero attached hydrogens (tertiary/aromatic N) is 2. The monoisotopic (exact) mass is 442 g/mol. The molecule has 1 aliphatic carbocycles. The van der Waals surface area contributed by atoms with Gasteiger partial charge in [-0.3, -0.25) is 4.79 Å². The summed E-state index contributed by atoms with van der Waals surface area (Å²) in [6, 6.07) is 7.54. The van der Waals surface area contributed by atoms with Gasteiger partial charge < -0.3 is 25.2 Å². The van der Waals surface area contributed by atoms with Gasteiger partial charge in [0.1, 0.15) is 11.7 Å². The predicted octanol–water partition coefficient (Wildman–Crippen LogP) is 3.98. The van der Waals surface area contributed by atoms with Gasteiger partial charge in [0.05, 0.1) is 0 Å². The van der Waals surface area contributed by atoms with E-state index in [-0.39, 0.29) is 23.8 Å². The van der Waals surface area contributed by atoms with Gasteiger partial charge in [0.15, 0.2) is 0 Å². The number of nitrogens with one attached hydrogen (secondary N) is 2. The highest BCUT2D eigenvalue weighted by Crippen LogP contribution is 2.23. The highest BCUT2D eigenvalue weighted by molar-refractivity contribution is 5.95. The third-order valence-corrected chi connectivity index (χ3v) is 5.72. The highest BCUT2D eigenvalue weighted by Gasteiger charge is 2.31. The molecule has 9 nitrogen and oxygen atoms in total. The van der Waals surface area contributed by atoms with Gasteiger partial charge in [-0.25, -0.2) is 9.59 Å². The molecule has 172 valence electrons. The van der Waals surface area contributed by atoms with E-state index in [1.54, 1.807) is 38.1 Å². The minimum Gasteiger partial charge on any atom is -0.480 e. The molecule has 1 atom stereocenters. The minimum absolute atomic E-state index is 0.0385. The lowest BCUT2D eigenvalue weighted by Crippen LogP contribution is -2.45. The van der Waals surface area contributed by atoms with Gasteiger partial charge >= 0.3 is 12.0 Å². The molecule has 0 radical (unpaired) electrons. The second-order valence-corrected chi connectivity index (χ2v) is 8.53. The molecule has 1 saturated carbocycles. The molecule has 1 heterocycles. The molecule has 1 fully saturated rings. The van der Waals surface area contributed by atoms with E-state index in [1.165, 1.54) is 19.5 Å². The molecule has 3 rings (SSSR count). The number of aromatic nitrogens is 1. The Morgan fingerprint density at radius 2 is 1.78 bits per heavy atom. The largest absolute Gasteiger partial charge is 0.480 e. The fourth-order valence-electron chi connectivity index (χ4n) is 4.03. The Balaban J connectivity index is 1.62. The summed E-state index contributed by atoms with van der Waals surface area (Å²) >= 11 is 0. The first-order chi connectivity index (χ1) is 15.3. The van der Waals surface area contributed by atoms with Crippen LogP contribution >= 0.6 is 0 Å². The zero-order valence-electron chi connectivity index (χ0n) is 18.6. The molecule has 3 N–H and O–H groups in total. The van der Waals surface area contributed by atoms with Crippen molar-refractivity contribution in [3.63, 3.8) is 0 Å². The van der Waals surface area contributed by atoms with Gasteiger partial charge in [-0.05, 0) is 30.9 Å². The number of urea groups is 1. The highest BCUT2D eigenvalue weighted by atomic mass is 16.5. The van der Waals surface area contributed by atoms with E-state index < -0.39 is 17.9 Å². The second kappa shape index (κ2) is 10.3. The van der Waals surface area contributed by atoms with Crippen molar-refractivity contribution in [1.29, 1.82) is 0 Å². The number of likely N-dealkylation sites (N-methyl/N-ethyl adjacent to an activating group) is 1. The van der Waals surface area contributed by atoms with Gasteiger partial charge in [-0.15, -0.1) is 0 Å². The summed E-state index contributed by atoms with van der Waals surface area (Å²) in [5.41, 5.74) is 1.78. The molecule has 2 aromatic rings. The smallest absolute Gasteiger partial charge is 0.326 e. The molecule has 0 spiro atoms. The van der Waals surface area contributed by atoms with Crippen molar-refractivity contribution >= 4 is 23.6 Å². The minimum atomic E-state index is -1.08. The Morgan fingerprint density at radius 1 is 1.12 bits per heavy atom. The maximum absolute atomic E-state index is 12.7. The van der Waals surface area contributed by atoms with E-state index in [9.17, 15) is 19.5 Å². The van der Waals surface area contributed by atoms with Gasteiger partial charge in [-0.2, -0.15) is 0 Å². The molecule has 3 amide bonds. The first-order valence-corrected chi connectivity index (χ1v) is 10.9. The van der Waals surface area contributed by atoms with Crippen molar-refractivity contribution in [2.45, 2.75) is 58.0 Å². The van der Waals surface area contributed by atoms with Crippen molar-refractivity contribution in [3.8, 4) is 11.3 Å². The number of rotatable bonds is 7. The lowest BCUT2D eigenvalue weighted by Gasteiger charge is -2.26. The zero-order valence-corrected chi connectivity index (χ0v) is 18.6. The first kappa shape index (κ1) is 23.3. The van der Waals surface area contributed by atoms with Crippen molar-refractivity contribution in [2.24, 2.45) is 5.92 Å². The molecule has 1 unspecified atom stereocenters. The second-order valence-electron chi connectivity index (χ2n) is 8.53. The Labute approximate surface area is 187 Å². The lowest BCUT2D eigenvalue weighted by atomic mass is 9.96. The topological polar surface area (TPSA) is 125 Å². The summed E-state index contributed by atoms with van der Waals surface area (Å²) in [6.07, 6.45) is 5.54. The molecule has 0 bridgehead atoms. The molecule has 1 aromatic carbocycles. The number of carbonyl (C=O) groups is 3. The maximum atomic E-state index is 12.7. The number of benzene rings is 1. The average molecular weight is 443 g/mol. The number of anilines is 1. The van der Waals surface area contributed by atoms with Crippen LogP contribution in [0.15, 0.2) is 34.9 Å². The average Bonchev–Trinajstić information content (AvgIpc) is 3.24. The summed E-state index contributed by atoms with van der Waals surface area (Å²) in [4.78, 5) is 37.5. The van der Waals surface area contributed by atoms with Gasteiger partial charge in [0.25, 0.3) is 5.91 Å². The third-order valence-electron chi connectivity index (χ3n) is 5.72. The van der Waals surface area contributed by atoms with Crippen LogP contribution in [0.3, 0.4) is 0 Å². The number of hydrogen-bond acceptors (Lipinski definition) is 5. The normalized spacial score (nSPS) is 15.2. The summed E-state index contributed by atoms with van der Waals surface area (Å²) in [7, 11) is 1.43. The fourth-order valence-corrected chi connectivity index (χ4v) is 4.03. The predicted molar refractivity (Wildman–Crippen MR) is 119 cm³/mol. The van der Waals surface area contributed by atoms with Gasteiger partial charge in [0.2, 0.25) is 5.76 Å². The molecular formula is C23H30N4O5. The third kappa shape index (κ3) is 5.66. The van der Waals surface area contributed by atoms with Crippen LogP contribution in [0.5, 0.6) is 0 Å². The molecule has 0 aliphatic heterocycles. The van der Waals surface area contributed by atoms with Crippen molar-refractivity contribution in [3.05, 3.63) is 36.1 Å². The van der Waals surface area contributed by atoms with Crippen LogP contribution in [-0.4, -0.2) is 52.2 Å². The molecule has 1 aromatic heterocycles. The molecule has 0 saturated heterocycles. The van der Waals surface area contributed by atoms with Gasteiger partial charge in [-0.1, -0.05) is 50.4 Å². The number of aliphatic carboxylic acids is 1. The van der Waals surface area contributed by atoms with Crippen molar-refractivity contribution in [2.75, 3.05) is 12.4 Å². The summed E-state index contributed by atoms with van der Waals surface area (Å²) < 4.78 is 5.18.